The summed E-state index contributed by atoms with van der Waals surface area (Å²) in [6.07, 6.45) is 1.03. The minimum Gasteiger partial charge on any atom is -0.444 e. The monoisotopic (exact) mass is 189 g/mol. The van der Waals surface area contributed by atoms with Gasteiger partial charge >= 0.3 is 6.09 Å². The summed E-state index contributed by atoms with van der Waals surface area (Å²) in [5.74, 6) is 0. The van der Waals surface area contributed by atoms with Gasteiger partial charge in [-0.25, -0.2) is 4.79 Å². The molecule has 78 valence electrons. The summed E-state index contributed by atoms with van der Waals surface area (Å²) in [7, 11) is 1.66. The Labute approximate surface area is 79.4 Å². The molecule has 0 aliphatic carbocycles. The highest BCUT2D eigenvalue weighted by Gasteiger charge is 2.22. The van der Waals surface area contributed by atoms with Crippen LogP contribution in [0.25, 0.3) is 0 Å². The number of carbonyl (C=O) groups is 1. The maximum absolute atomic E-state index is 10.5. The van der Waals surface area contributed by atoms with Crippen molar-refractivity contribution in [3.05, 3.63) is 0 Å². The number of primary amides is 1. The lowest BCUT2D eigenvalue weighted by molar-refractivity contribution is 0.0212. The van der Waals surface area contributed by atoms with E-state index in [1.807, 2.05) is 20.8 Å². The van der Waals surface area contributed by atoms with Crippen LogP contribution in [0.3, 0.4) is 0 Å². The lowest BCUT2D eigenvalue weighted by Gasteiger charge is -2.25. The van der Waals surface area contributed by atoms with Gasteiger partial charge in [-0.15, -0.1) is 0 Å². The van der Waals surface area contributed by atoms with Crippen molar-refractivity contribution in [1.82, 2.24) is 0 Å². The van der Waals surface area contributed by atoms with Crippen LogP contribution in [0, 0.1) is 0 Å². The highest BCUT2D eigenvalue weighted by atomic mass is 16.6. The van der Waals surface area contributed by atoms with E-state index in [2.05, 4.69) is 0 Å². The van der Waals surface area contributed by atoms with E-state index < -0.39 is 11.7 Å². The zero-order valence-corrected chi connectivity index (χ0v) is 8.79. The van der Waals surface area contributed by atoms with Crippen molar-refractivity contribution in [3.63, 3.8) is 0 Å². The van der Waals surface area contributed by atoms with Gasteiger partial charge in [0.25, 0.3) is 0 Å². The van der Waals surface area contributed by atoms with Crippen molar-refractivity contribution in [3.8, 4) is 0 Å². The molecule has 2 N–H and O–H groups in total. The standard InChI is InChI=1S/C9H19NO3/c1-7(12-4)5-6-9(2,3)13-8(10)11/h7H,5-6H2,1-4H3,(H2,10,11). The minimum absolute atomic E-state index is 0.177. The van der Waals surface area contributed by atoms with Gasteiger partial charge in [-0.05, 0) is 33.6 Å². The average Bonchev–Trinajstić information content (AvgIpc) is 1.98. The first-order valence-corrected chi connectivity index (χ1v) is 4.38. The zero-order valence-electron chi connectivity index (χ0n) is 8.79. The largest absolute Gasteiger partial charge is 0.444 e. The molecule has 0 aromatic carbocycles. The van der Waals surface area contributed by atoms with Gasteiger partial charge in [-0.3, -0.25) is 0 Å². The number of hydrogen-bond acceptors (Lipinski definition) is 3. The van der Waals surface area contributed by atoms with Crippen LogP contribution >= 0.6 is 0 Å². The molecule has 0 aromatic heterocycles. The van der Waals surface area contributed by atoms with Gasteiger partial charge in [-0.1, -0.05) is 0 Å². The average molecular weight is 189 g/mol. The van der Waals surface area contributed by atoms with Crippen molar-refractivity contribution < 1.29 is 14.3 Å². The van der Waals surface area contributed by atoms with Crippen LogP contribution < -0.4 is 5.73 Å². The summed E-state index contributed by atoms with van der Waals surface area (Å²) in [5.41, 5.74) is 4.42. The Morgan fingerprint density at radius 3 is 2.46 bits per heavy atom. The first kappa shape index (κ1) is 12.2. The van der Waals surface area contributed by atoms with Crippen molar-refractivity contribution in [2.24, 2.45) is 5.73 Å². The van der Waals surface area contributed by atoms with E-state index in [4.69, 9.17) is 15.2 Å². The van der Waals surface area contributed by atoms with Crippen molar-refractivity contribution in [2.45, 2.75) is 45.3 Å². The lowest BCUT2D eigenvalue weighted by Crippen LogP contribution is -2.32. The molecule has 0 aliphatic heterocycles. The highest BCUT2D eigenvalue weighted by Crippen LogP contribution is 2.18. The fourth-order valence-corrected chi connectivity index (χ4v) is 0.992. The molecule has 0 radical (unpaired) electrons. The molecule has 1 unspecified atom stereocenters. The van der Waals surface area contributed by atoms with E-state index in [9.17, 15) is 4.79 Å². The predicted molar refractivity (Wildman–Crippen MR) is 50.5 cm³/mol. The predicted octanol–water partition coefficient (Wildman–Crippen LogP) is 1.68. The Morgan fingerprint density at radius 1 is 1.54 bits per heavy atom. The van der Waals surface area contributed by atoms with E-state index >= 15 is 0 Å². The van der Waals surface area contributed by atoms with Gasteiger partial charge in [0.1, 0.15) is 5.60 Å². The van der Waals surface area contributed by atoms with Crippen molar-refractivity contribution in [1.29, 1.82) is 0 Å². The molecule has 0 aliphatic rings. The summed E-state index contributed by atoms with van der Waals surface area (Å²) in [6.45, 7) is 5.64. The summed E-state index contributed by atoms with van der Waals surface area (Å²) in [6, 6.07) is 0. The zero-order chi connectivity index (χ0) is 10.5. The Kier molecular flexibility index (Phi) is 4.77. The maximum atomic E-state index is 10.5. The number of nitrogens with two attached hydrogens (primary N) is 1. The van der Waals surface area contributed by atoms with Gasteiger partial charge in [0.2, 0.25) is 0 Å². The Bertz CT molecular complexity index is 168. The molecule has 1 atom stereocenters. The second-order valence-corrected chi connectivity index (χ2v) is 3.77. The highest BCUT2D eigenvalue weighted by molar-refractivity contribution is 5.65. The number of rotatable bonds is 5. The minimum atomic E-state index is -0.727. The lowest BCUT2D eigenvalue weighted by atomic mass is 10.0. The number of amides is 1. The van der Waals surface area contributed by atoms with Crippen LogP contribution in [0.5, 0.6) is 0 Å². The molecular formula is C9H19NO3. The number of hydrogen-bond donors (Lipinski definition) is 1. The Morgan fingerprint density at radius 2 is 2.08 bits per heavy atom. The van der Waals surface area contributed by atoms with Gasteiger partial charge in [0.05, 0.1) is 6.10 Å². The molecule has 0 saturated heterocycles. The van der Waals surface area contributed by atoms with E-state index in [-0.39, 0.29) is 6.10 Å². The number of carbonyl (C=O) groups excluding carboxylic acids is 1. The summed E-state index contributed by atoms with van der Waals surface area (Å²) in [4.78, 5) is 10.5. The molecule has 0 spiro atoms. The van der Waals surface area contributed by atoms with Crippen LogP contribution in [0.15, 0.2) is 0 Å². The third kappa shape index (κ3) is 6.40. The van der Waals surface area contributed by atoms with Crippen LogP contribution in [-0.4, -0.2) is 24.9 Å². The van der Waals surface area contributed by atoms with Crippen LogP contribution in [0.4, 0.5) is 4.79 Å². The van der Waals surface area contributed by atoms with Gasteiger partial charge in [-0.2, -0.15) is 0 Å². The van der Waals surface area contributed by atoms with Crippen molar-refractivity contribution in [2.75, 3.05) is 7.11 Å². The van der Waals surface area contributed by atoms with Gasteiger partial charge in [0.15, 0.2) is 0 Å². The fourth-order valence-electron chi connectivity index (χ4n) is 0.992. The molecule has 4 nitrogen and oxygen atoms in total. The first-order chi connectivity index (χ1) is 5.87. The first-order valence-electron chi connectivity index (χ1n) is 4.38. The molecule has 0 fully saturated rings. The van der Waals surface area contributed by atoms with E-state index in [0.717, 1.165) is 12.8 Å². The molecule has 0 aromatic rings. The maximum Gasteiger partial charge on any atom is 0.405 e. The number of methoxy groups -OCH3 is 1. The molecule has 0 rings (SSSR count). The van der Waals surface area contributed by atoms with E-state index in [1.54, 1.807) is 7.11 Å². The Balaban J connectivity index is 3.81. The van der Waals surface area contributed by atoms with Gasteiger partial charge in [0, 0.05) is 7.11 Å². The third-order valence-corrected chi connectivity index (χ3v) is 1.93. The topological polar surface area (TPSA) is 61.6 Å². The molecule has 0 bridgehead atoms. The van der Waals surface area contributed by atoms with Crippen LogP contribution in [0.1, 0.15) is 33.6 Å². The second-order valence-electron chi connectivity index (χ2n) is 3.77. The molecule has 13 heavy (non-hydrogen) atoms. The number of ether oxygens (including phenoxy) is 2. The third-order valence-electron chi connectivity index (χ3n) is 1.93. The summed E-state index contributed by atoms with van der Waals surface area (Å²) < 4.78 is 9.99. The second kappa shape index (κ2) is 5.07. The quantitative estimate of drug-likeness (QED) is 0.715. The van der Waals surface area contributed by atoms with Crippen molar-refractivity contribution >= 4 is 6.09 Å². The molecule has 0 heterocycles. The van der Waals surface area contributed by atoms with E-state index in [1.165, 1.54) is 0 Å². The Hall–Kier alpha value is -0.770. The van der Waals surface area contributed by atoms with E-state index in [0.29, 0.717) is 0 Å². The normalized spacial score (nSPS) is 13.8. The molecular weight excluding hydrogens is 170 g/mol. The van der Waals surface area contributed by atoms with Crippen LogP contribution in [-0.2, 0) is 9.47 Å². The molecule has 1 amide bonds. The smallest absolute Gasteiger partial charge is 0.405 e. The van der Waals surface area contributed by atoms with Gasteiger partial charge < -0.3 is 15.2 Å². The molecule has 0 saturated carbocycles. The van der Waals surface area contributed by atoms with Crippen LogP contribution in [0.2, 0.25) is 0 Å². The molecule has 4 heteroatoms. The summed E-state index contributed by atoms with van der Waals surface area (Å²) in [5, 5.41) is 0. The SMILES string of the molecule is COC(C)CCC(C)(C)OC(N)=O. The fraction of sp³-hybridized carbons (Fsp3) is 0.889. The summed E-state index contributed by atoms with van der Waals surface area (Å²) >= 11 is 0.